The van der Waals surface area contributed by atoms with Gasteiger partial charge in [-0.3, -0.25) is 0 Å². The number of halogens is 3. The van der Waals surface area contributed by atoms with Crippen LogP contribution in [0, 0.1) is 5.82 Å². The molecule has 1 aliphatic rings. The molecule has 0 bridgehead atoms. The predicted molar refractivity (Wildman–Crippen MR) is 135 cm³/mol. The molecular weight excluding hydrogens is 476 g/mol. The summed E-state index contributed by atoms with van der Waals surface area (Å²) in [4.78, 5) is 11.7. The fourth-order valence-corrected chi connectivity index (χ4v) is 4.55. The molecule has 1 fully saturated rings. The van der Waals surface area contributed by atoms with Crippen molar-refractivity contribution in [3.8, 4) is 16.9 Å². The van der Waals surface area contributed by atoms with E-state index >= 15 is 0 Å². The average molecular weight is 500 g/mol. The Balaban J connectivity index is 1.56. The average Bonchev–Trinajstić information content (AvgIpc) is 3.18. The number of hydrogen-bond donors (Lipinski definition) is 2. The molecule has 7 nitrogen and oxygen atoms in total. The smallest absolute Gasteiger partial charge is 0.225 e. The van der Waals surface area contributed by atoms with Crippen LogP contribution in [0.5, 0.6) is 0 Å². The third-order valence-electron chi connectivity index (χ3n) is 6.01. The van der Waals surface area contributed by atoms with Gasteiger partial charge in [-0.2, -0.15) is 4.98 Å². The SMILES string of the molecule is Nc1c2c(-c3ccccc3F)nc(NCCN3CCCCC3)nc2nn1-c1ccc(Cl)c(Cl)c1. The maximum Gasteiger partial charge on any atom is 0.225 e. The molecule has 2 aromatic heterocycles. The van der Waals surface area contributed by atoms with Crippen LogP contribution in [0.25, 0.3) is 28.0 Å². The van der Waals surface area contributed by atoms with Gasteiger partial charge in [-0.15, -0.1) is 5.10 Å². The zero-order chi connectivity index (χ0) is 23.7. The maximum absolute atomic E-state index is 14.8. The molecule has 0 saturated carbocycles. The van der Waals surface area contributed by atoms with E-state index in [9.17, 15) is 4.39 Å². The van der Waals surface area contributed by atoms with Gasteiger partial charge in [-0.1, -0.05) is 41.8 Å². The number of anilines is 2. The highest BCUT2D eigenvalue weighted by molar-refractivity contribution is 6.42. The van der Waals surface area contributed by atoms with Crippen molar-refractivity contribution in [2.45, 2.75) is 19.3 Å². The van der Waals surface area contributed by atoms with Gasteiger partial charge in [0, 0.05) is 18.7 Å². The molecule has 2 aromatic carbocycles. The molecule has 3 N–H and O–H groups in total. The normalized spacial score (nSPS) is 14.6. The molecule has 0 amide bonds. The molecule has 1 saturated heterocycles. The van der Waals surface area contributed by atoms with Gasteiger partial charge in [0.25, 0.3) is 0 Å². The molecule has 10 heteroatoms. The zero-order valence-electron chi connectivity index (χ0n) is 18.4. The highest BCUT2D eigenvalue weighted by Crippen LogP contribution is 2.35. The number of nitrogens with one attached hydrogen (secondary N) is 1. The number of nitrogen functional groups attached to an aromatic ring is 1. The first kappa shape index (κ1) is 22.8. The predicted octanol–water partition coefficient (Wildman–Crippen LogP) is 5.41. The van der Waals surface area contributed by atoms with E-state index in [4.69, 9.17) is 28.9 Å². The summed E-state index contributed by atoms with van der Waals surface area (Å²) in [5.41, 5.74) is 8.17. The van der Waals surface area contributed by atoms with Crippen LogP contribution in [-0.2, 0) is 0 Å². The van der Waals surface area contributed by atoms with Gasteiger partial charge in [-0.25, -0.2) is 14.1 Å². The Kier molecular flexibility index (Phi) is 6.54. The molecule has 3 heterocycles. The fraction of sp³-hybridized carbons (Fsp3) is 0.292. The van der Waals surface area contributed by atoms with E-state index in [0.717, 1.165) is 19.6 Å². The molecule has 0 aliphatic carbocycles. The topological polar surface area (TPSA) is 84.9 Å². The van der Waals surface area contributed by atoms with Gasteiger partial charge >= 0.3 is 0 Å². The second-order valence-electron chi connectivity index (χ2n) is 8.30. The Labute approximate surface area is 206 Å². The number of aromatic nitrogens is 4. The van der Waals surface area contributed by atoms with Crippen LogP contribution in [0.1, 0.15) is 19.3 Å². The lowest BCUT2D eigenvalue weighted by molar-refractivity contribution is 0.237. The molecule has 0 atom stereocenters. The second kappa shape index (κ2) is 9.74. The highest BCUT2D eigenvalue weighted by Gasteiger charge is 2.21. The van der Waals surface area contributed by atoms with Gasteiger partial charge in [0.2, 0.25) is 5.95 Å². The van der Waals surface area contributed by atoms with Crippen molar-refractivity contribution in [3.05, 3.63) is 58.3 Å². The van der Waals surface area contributed by atoms with Crippen molar-refractivity contribution in [3.63, 3.8) is 0 Å². The first-order valence-electron chi connectivity index (χ1n) is 11.2. The van der Waals surface area contributed by atoms with E-state index in [1.54, 1.807) is 36.4 Å². The molecule has 0 radical (unpaired) electrons. The van der Waals surface area contributed by atoms with Crippen molar-refractivity contribution in [1.82, 2.24) is 24.6 Å². The number of likely N-dealkylation sites (tertiary alicyclic amines) is 1. The summed E-state index contributed by atoms with van der Waals surface area (Å²) in [6.45, 7) is 3.76. The number of fused-ring (bicyclic) bond motifs is 1. The van der Waals surface area contributed by atoms with E-state index < -0.39 is 5.82 Å². The van der Waals surface area contributed by atoms with Crippen molar-refractivity contribution in [2.24, 2.45) is 0 Å². The summed E-state index contributed by atoms with van der Waals surface area (Å²) in [6, 6.07) is 11.6. The number of hydrogen-bond acceptors (Lipinski definition) is 6. The van der Waals surface area contributed by atoms with Gasteiger partial charge in [0.15, 0.2) is 5.65 Å². The van der Waals surface area contributed by atoms with Crippen LogP contribution in [0.3, 0.4) is 0 Å². The van der Waals surface area contributed by atoms with E-state index in [2.05, 4.69) is 25.3 Å². The number of piperidine rings is 1. The van der Waals surface area contributed by atoms with Crippen LogP contribution in [0.4, 0.5) is 16.2 Å². The third-order valence-corrected chi connectivity index (χ3v) is 6.74. The van der Waals surface area contributed by atoms with E-state index in [1.165, 1.54) is 30.0 Å². The molecule has 5 rings (SSSR count). The summed E-state index contributed by atoms with van der Waals surface area (Å²) >= 11 is 12.3. The Hall–Kier alpha value is -2.94. The molecule has 1 aliphatic heterocycles. The lowest BCUT2D eigenvalue weighted by atomic mass is 10.1. The minimum absolute atomic E-state index is 0.284. The van der Waals surface area contributed by atoms with Gasteiger partial charge in [0.05, 0.1) is 26.8 Å². The van der Waals surface area contributed by atoms with Crippen LogP contribution < -0.4 is 11.1 Å². The Morgan fingerprint density at radius 2 is 1.79 bits per heavy atom. The summed E-state index contributed by atoms with van der Waals surface area (Å²) in [6.07, 6.45) is 3.75. The molecule has 4 aromatic rings. The van der Waals surface area contributed by atoms with Gasteiger partial charge < -0.3 is 16.0 Å². The number of benzene rings is 2. The van der Waals surface area contributed by atoms with Gasteiger partial charge in [-0.05, 0) is 56.3 Å². The first-order valence-corrected chi connectivity index (χ1v) is 12.0. The van der Waals surface area contributed by atoms with Crippen LogP contribution in [0.2, 0.25) is 10.0 Å². The molecule has 0 spiro atoms. The number of rotatable bonds is 6. The second-order valence-corrected chi connectivity index (χ2v) is 9.11. The van der Waals surface area contributed by atoms with Crippen molar-refractivity contribution in [1.29, 1.82) is 0 Å². The first-order chi connectivity index (χ1) is 16.5. The minimum Gasteiger partial charge on any atom is -0.383 e. The van der Waals surface area contributed by atoms with E-state index in [-0.39, 0.29) is 5.82 Å². The van der Waals surface area contributed by atoms with E-state index in [1.807, 2.05) is 0 Å². The van der Waals surface area contributed by atoms with Crippen molar-refractivity contribution < 1.29 is 4.39 Å². The molecule has 34 heavy (non-hydrogen) atoms. The minimum atomic E-state index is -0.400. The molecule has 0 unspecified atom stereocenters. The van der Waals surface area contributed by atoms with E-state index in [0.29, 0.717) is 50.5 Å². The third kappa shape index (κ3) is 4.53. The molecule has 176 valence electrons. The monoisotopic (exact) mass is 499 g/mol. The highest BCUT2D eigenvalue weighted by atomic mass is 35.5. The lowest BCUT2D eigenvalue weighted by Crippen LogP contribution is -2.33. The number of nitrogens with two attached hydrogens (primary N) is 1. The summed E-state index contributed by atoms with van der Waals surface area (Å²) in [5, 5.41) is 9.15. The Morgan fingerprint density at radius 1 is 1.00 bits per heavy atom. The summed E-state index contributed by atoms with van der Waals surface area (Å²) in [7, 11) is 0. The Morgan fingerprint density at radius 3 is 2.56 bits per heavy atom. The molecular formula is C24H24Cl2FN7. The van der Waals surface area contributed by atoms with Gasteiger partial charge in [0.1, 0.15) is 11.6 Å². The fourth-order valence-electron chi connectivity index (χ4n) is 4.26. The zero-order valence-corrected chi connectivity index (χ0v) is 20.0. The quantitative estimate of drug-likeness (QED) is 0.369. The lowest BCUT2D eigenvalue weighted by Gasteiger charge is -2.26. The van der Waals surface area contributed by atoms with Crippen LogP contribution >= 0.6 is 23.2 Å². The largest absolute Gasteiger partial charge is 0.383 e. The van der Waals surface area contributed by atoms with Crippen molar-refractivity contribution in [2.75, 3.05) is 37.2 Å². The summed E-state index contributed by atoms with van der Waals surface area (Å²) < 4.78 is 16.3. The van der Waals surface area contributed by atoms with Crippen molar-refractivity contribution >= 4 is 46.0 Å². The Bertz CT molecular complexity index is 1330. The van der Waals surface area contributed by atoms with Crippen LogP contribution in [-0.4, -0.2) is 50.8 Å². The summed E-state index contributed by atoms with van der Waals surface area (Å²) in [5.74, 6) is 0.261. The standard InChI is InChI=1S/C24H24Cl2FN7/c25-17-9-8-15(14-18(17)26)34-22(28)20-21(16-6-2-3-7-19(16)27)30-24(31-23(20)32-34)29-10-13-33-11-4-1-5-12-33/h2-3,6-9,14H,1,4-5,10-13,28H2,(H,29,31,32). The number of nitrogens with zero attached hydrogens (tertiary/aromatic N) is 5. The van der Waals surface area contributed by atoms with Crippen LogP contribution in [0.15, 0.2) is 42.5 Å². The maximum atomic E-state index is 14.8.